The van der Waals surface area contributed by atoms with Gasteiger partial charge in [-0.3, -0.25) is 9.59 Å². The molecule has 0 rings (SSSR count). The summed E-state index contributed by atoms with van der Waals surface area (Å²) in [5, 5.41) is 18.6. The molecule has 0 fully saturated rings. The highest BCUT2D eigenvalue weighted by atomic mass is 16.4. The van der Waals surface area contributed by atoms with E-state index in [0.29, 0.717) is 0 Å². The molecule has 6 heteroatoms. The third kappa shape index (κ3) is 3.11. The standard InChI is InChI=1S/C6H9NO5/c1-3(9)5(10)7-4(2-8)6(11)12/h4,8H,2H2,1H3,(H,7,10)(H,11,12)/t4-/m0/s1. The van der Waals surface area contributed by atoms with Crippen LogP contribution >= 0.6 is 0 Å². The number of carbonyl (C=O) groups excluding carboxylic acids is 2. The van der Waals surface area contributed by atoms with Crippen LogP contribution in [0.2, 0.25) is 0 Å². The number of aliphatic hydroxyl groups excluding tert-OH is 1. The zero-order valence-corrected chi connectivity index (χ0v) is 6.40. The zero-order chi connectivity index (χ0) is 9.72. The number of carboxylic acid groups (broad SMARTS) is 1. The van der Waals surface area contributed by atoms with Gasteiger partial charge in [0, 0.05) is 6.92 Å². The quantitative estimate of drug-likeness (QED) is 0.434. The van der Waals surface area contributed by atoms with E-state index in [1.165, 1.54) is 0 Å². The third-order valence-corrected chi connectivity index (χ3v) is 1.11. The highest BCUT2D eigenvalue weighted by Crippen LogP contribution is 1.82. The first kappa shape index (κ1) is 10.6. The number of hydrogen-bond donors (Lipinski definition) is 3. The number of rotatable bonds is 4. The summed E-state index contributed by atoms with van der Waals surface area (Å²) in [6.07, 6.45) is 0. The summed E-state index contributed by atoms with van der Waals surface area (Å²) in [6, 6.07) is -1.42. The zero-order valence-electron chi connectivity index (χ0n) is 6.40. The second kappa shape index (κ2) is 4.45. The summed E-state index contributed by atoms with van der Waals surface area (Å²) in [7, 11) is 0. The molecule has 0 radical (unpaired) electrons. The van der Waals surface area contributed by atoms with Gasteiger partial charge in [-0.1, -0.05) is 0 Å². The summed E-state index contributed by atoms with van der Waals surface area (Å²) in [5.41, 5.74) is 0. The number of aliphatic carboxylic acids is 1. The van der Waals surface area contributed by atoms with E-state index in [1.807, 2.05) is 5.32 Å². The van der Waals surface area contributed by atoms with E-state index < -0.39 is 30.3 Å². The van der Waals surface area contributed by atoms with E-state index in [9.17, 15) is 14.4 Å². The molecule has 1 amide bonds. The van der Waals surface area contributed by atoms with E-state index in [4.69, 9.17) is 10.2 Å². The summed E-state index contributed by atoms with van der Waals surface area (Å²) in [4.78, 5) is 31.1. The molecule has 0 aromatic rings. The second-order valence-corrected chi connectivity index (χ2v) is 2.10. The van der Waals surface area contributed by atoms with Crippen LogP contribution in [-0.4, -0.2) is 40.5 Å². The first-order valence-corrected chi connectivity index (χ1v) is 3.14. The van der Waals surface area contributed by atoms with Crippen LogP contribution in [0.25, 0.3) is 0 Å². The normalized spacial score (nSPS) is 11.8. The first-order chi connectivity index (χ1) is 5.49. The highest BCUT2D eigenvalue weighted by Gasteiger charge is 2.20. The van der Waals surface area contributed by atoms with Gasteiger partial charge in [0.05, 0.1) is 6.61 Å². The van der Waals surface area contributed by atoms with E-state index >= 15 is 0 Å². The van der Waals surface area contributed by atoms with Gasteiger partial charge in [0.2, 0.25) is 5.78 Å². The molecule has 0 saturated heterocycles. The van der Waals surface area contributed by atoms with Crippen molar-refractivity contribution in [1.29, 1.82) is 0 Å². The van der Waals surface area contributed by atoms with Crippen molar-refractivity contribution >= 4 is 17.7 Å². The Bertz CT molecular complexity index is 212. The number of amides is 1. The van der Waals surface area contributed by atoms with Gasteiger partial charge in [-0.2, -0.15) is 0 Å². The lowest BCUT2D eigenvalue weighted by atomic mass is 10.3. The van der Waals surface area contributed by atoms with Crippen LogP contribution in [-0.2, 0) is 14.4 Å². The van der Waals surface area contributed by atoms with E-state index in [-0.39, 0.29) is 0 Å². The Morgan fingerprint density at radius 3 is 2.17 bits per heavy atom. The lowest BCUT2D eigenvalue weighted by Gasteiger charge is -2.08. The van der Waals surface area contributed by atoms with Crippen LogP contribution in [0.4, 0.5) is 0 Å². The predicted octanol–water partition coefficient (Wildman–Crippen LogP) is -1.86. The van der Waals surface area contributed by atoms with Gasteiger partial charge in [0.25, 0.3) is 5.91 Å². The van der Waals surface area contributed by atoms with Crippen molar-refractivity contribution in [3.05, 3.63) is 0 Å². The molecule has 0 aliphatic rings. The SMILES string of the molecule is CC(=O)C(=O)N[C@@H](CO)C(=O)O. The Hall–Kier alpha value is -1.43. The van der Waals surface area contributed by atoms with Crippen LogP contribution in [0.1, 0.15) is 6.92 Å². The van der Waals surface area contributed by atoms with Crippen LogP contribution in [0, 0.1) is 0 Å². The summed E-state index contributed by atoms with van der Waals surface area (Å²) in [6.45, 7) is 0.264. The van der Waals surface area contributed by atoms with Crippen LogP contribution in [0.15, 0.2) is 0 Å². The van der Waals surface area contributed by atoms with Crippen molar-refractivity contribution in [2.45, 2.75) is 13.0 Å². The van der Waals surface area contributed by atoms with Crippen LogP contribution in [0.5, 0.6) is 0 Å². The lowest BCUT2D eigenvalue weighted by molar-refractivity contribution is -0.144. The molecule has 3 N–H and O–H groups in total. The van der Waals surface area contributed by atoms with Gasteiger partial charge in [-0.05, 0) is 0 Å². The number of nitrogens with one attached hydrogen (secondary N) is 1. The number of ketones is 1. The maximum absolute atomic E-state index is 10.6. The molecule has 0 heterocycles. The van der Waals surface area contributed by atoms with Crippen molar-refractivity contribution in [1.82, 2.24) is 5.32 Å². The molecule has 0 bridgehead atoms. The van der Waals surface area contributed by atoms with Crippen molar-refractivity contribution < 1.29 is 24.6 Å². The Labute approximate surface area is 68.2 Å². The number of carbonyl (C=O) groups is 3. The fourth-order valence-electron chi connectivity index (χ4n) is 0.445. The van der Waals surface area contributed by atoms with Crippen molar-refractivity contribution in [3.8, 4) is 0 Å². The summed E-state index contributed by atoms with van der Waals surface area (Å²) in [5.74, 6) is -3.20. The fourth-order valence-corrected chi connectivity index (χ4v) is 0.445. The highest BCUT2D eigenvalue weighted by molar-refractivity contribution is 6.35. The van der Waals surface area contributed by atoms with Gasteiger partial charge in [0.15, 0.2) is 6.04 Å². The number of hydrogen-bond acceptors (Lipinski definition) is 4. The van der Waals surface area contributed by atoms with Crippen molar-refractivity contribution in [3.63, 3.8) is 0 Å². The lowest BCUT2D eigenvalue weighted by Crippen LogP contribution is -2.45. The van der Waals surface area contributed by atoms with Crippen molar-refractivity contribution in [2.24, 2.45) is 0 Å². The number of Topliss-reactive ketones (excluding diaryl/α,β-unsaturated/α-hetero) is 1. The van der Waals surface area contributed by atoms with E-state index in [0.717, 1.165) is 6.92 Å². The molecule has 68 valence electrons. The van der Waals surface area contributed by atoms with Crippen molar-refractivity contribution in [2.75, 3.05) is 6.61 Å². The number of carboxylic acids is 1. The maximum Gasteiger partial charge on any atom is 0.328 e. The van der Waals surface area contributed by atoms with E-state index in [1.54, 1.807) is 0 Å². The molecule has 0 unspecified atom stereocenters. The van der Waals surface area contributed by atoms with E-state index in [2.05, 4.69) is 0 Å². The van der Waals surface area contributed by atoms with Crippen LogP contribution in [0.3, 0.4) is 0 Å². The van der Waals surface area contributed by atoms with Gasteiger partial charge < -0.3 is 15.5 Å². The molecule has 0 aliphatic heterocycles. The minimum Gasteiger partial charge on any atom is -0.480 e. The average Bonchev–Trinajstić information content (AvgIpc) is 1.98. The molecular formula is C6H9NO5. The molecule has 0 saturated carbocycles. The molecule has 0 aliphatic carbocycles. The topological polar surface area (TPSA) is 104 Å². The first-order valence-electron chi connectivity index (χ1n) is 3.14. The molecular weight excluding hydrogens is 166 g/mol. The molecule has 12 heavy (non-hydrogen) atoms. The molecule has 0 spiro atoms. The smallest absolute Gasteiger partial charge is 0.328 e. The average molecular weight is 175 g/mol. The summed E-state index contributed by atoms with van der Waals surface area (Å²) < 4.78 is 0. The monoisotopic (exact) mass is 175 g/mol. The molecule has 0 aromatic heterocycles. The Morgan fingerprint density at radius 2 is 1.92 bits per heavy atom. The Kier molecular flexibility index (Phi) is 3.92. The molecule has 1 atom stereocenters. The largest absolute Gasteiger partial charge is 0.480 e. The maximum atomic E-state index is 10.6. The van der Waals surface area contributed by atoms with Crippen LogP contribution < -0.4 is 5.32 Å². The van der Waals surface area contributed by atoms with Gasteiger partial charge in [-0.25, -0.2) is 4.79 Å². The minimum absolute atomic E-state index is 0.742. The number of aliphatic hydroxyl groups is 1. The predicted molar refractivity (Wildman–Crippen MR) is 37.3 cm³/mol. The van der Waals surface area contributed by atoms with Gasteiger partial charge in [0.1, 0.15) is 0 Å². The molecule has 0 aromatic carbocycles. The second-order valence-electron chi connectivity index (χ2n) is 2.10. The van der Waals surface area contributed by atoms with Gasteiger partial charge >= 0.3 is 5.97 Å². The summed E-state index contributed by atoms with van der Waals surface area (Å²) >= 11 is 0. The van der Waals surface area contributed by atoms with Gasteiger partial charge in [-0.15, -0.1) is 0 Å². The fraction of sp³-hybridized carbons (Fsp3) is 0.500. The Balaban J connectivity index is 4.12. The Morgan fingerprint density at radius 1 is 1.42 bits per heavy atom. The third-order valence-electron chi connectivity index (χ3n) is 1.11. The minimum atomic E-state index is -1.42. The molecule has 6 nitrogen and oxygen atoms in total.